The van der Waals surface area contributed by atoms with E-state index in [9.17, 15) is 4.79 Å². The van der Waals surface area contributed by atoms with Crippen molar-refractivity contribution >= 4 is 5.97 Å². The molecule has 0 spiro atoms. The largest absolute Gasteiger partial charge is 0.459 e. The molecular formula is C13H22O2. The van der Waals surface area contributed by atoms with Crippen LogP contribution in [0.25, 0.3) is 0 Å². The van der Waals surface area contributed by atoms with Crippen LogP contribution in [0.15, 0.2) is 12.2 Å². The Morgan fingerprint density at radius 3 is 2.27 bits per heavy atom. The molecule has 0 aliphatic heterocycles. The van der Waals surface area contributed by atoms with Gasteiger partial charge in [-0.15, -0.1) is 0 Å². The van der Waals surface area contributed by atoms with Gasteiger partial charge in [0, 0.05) is 5.57 Å². The summed E-state index contributed by atoms with van der Waals surface area (Å²) < 4.78 is 5.44. The topological polar surface area (TPSA) is 26.3 Å². The fourth-order valence-electron chi connectivity index (χ4n) is 1.92. The molecule has 1 saturated carbocycles. The second kappa shape index (κ2) is 6.65. The van der Waals surface area contributed by atoms with Crippen LogP contribution in [0.2, 0.25) is 0 Å². The van der Waals surface area contributed by atoms with Gasteiger partial charge >= 0.3 is 5.97 Å². The molecule has 1 aliphatic carbocycles. The Bertz CT molecular complexity index is 213. The minimum Gasteiger partial charge on any atom is -0.459 e. The maximum Gasteiger partial charge on any atom is 0.333 e. The van der Waals surface area contributed by atoms with Gasteiger partial charge in [-0.1, -0.05) is 32.8 Å². The average Bonchev–Trinajstić information content (AvgIpc) is 2.20. The number of hydrogen-bond donors (Lipinski definition) is 0. The zero-order valence-corrected chi connectivity index (χ0v) is 9.76. The number of carbonyl (C=O) groups excluding carboxylic acids is 1. The summed E-state index contributed by atoms with van der Waals surface area (Å²) in [7, 11) is 0. The third kappa shape index (κ3) is 4.50. The van der Waals surface area contributed by atoms with E-state index >= 15 is 0 Å². The minimum atomic E-state index is -0.192. The van der Waals surface area contributed by atoms with E-state index in [4.69, 9.17) is 4.74 Å². The van der Waals surface area contributed by atoms with Crippen LogP contribution < -0.4 is 0 Å². The van der Waals surface area contributed by atoms with Gasteiger partial charge in [0.05, 0.1) is 0 Å². The molecule has 86 valence electrons. The van der Waals surface area contributed by atoms with Gasteiger partial charge < -0.3 is 4.74 Å². The third-order valence-corrected chi connectivity index (χ3v) is 3.04. The summed E-state index contributed by atoms with van der Waals surface area (Å²) in [4.78, 5) is 11.5. The summed E-state index contributed by atoms with van der Waals surface area (Å²) in [6.07, 6.45) is 9.17. The second-order valence-corrected chi connectivity index (χ2v) is 4.33. The SMILES string of the molecule is C=C(CC)C(=O)OC1CCCCCCC1. The fraction of sp³-hybridized carbons (Fsp3) is 0.769. The minimum absolute atomic E-state index is 0.140. The van der Waals surface area contributed by atoms with E-state index in [1.807, 2.05) is 6.92 Å². The molecule has 2 heteroatoms. The van der Waals surface area contributed by atoms with E-state index in [0.29, 0.717) is 12.0 Å². The normalized spacial score (nSPS) is 19.0. The van der Waals surface area contributed by atoms with Gasteiger partial charge in [0.1, 0.15) is 6.10 Å². The Morgan fingerprint density at radius 1 is 1.20 bits per heavy atom. The first-order valence-electron chi connectivity index (χ1n) is 6.12. The van der Waals surface area contributed by atoms with Crippen LogP contribution in [0, 0.1) is 0 Å². The van der Waals surface area contributed by atoms with Gasteiger partial charge in [-0.05, 0) is 32.1 Å². The van der Waals surface area contributed by atoms with Crippen molar-refractivity contribution in [2.24, 2.45) is 0 Å². The zero-order valence-electron chi connectivity index (χ0n) is 9.76. The molecular weight excluding hydrogens is 188 g/mol. The van der Waals surface area contributed by atoms with Crippen LogP contribution in [0.4, 0.5) is 0 Å². The van der Waals surface area contributed by atoms with Crippen LogP contribution in [0.5, 0.6) is 0 Å². The summed E-state index contributed by atoms with van der Waals surface area (Å²) >= 11 is 0. The molecule has 2 nitrogen and oxygen atoms in total. The Balaban J connectivity index is 2.34. The summed E-state index contributed by atoms with van der Waals surface area (Å²) in [5.41, 5.74) is 0.594. The Labute approximate surface area is 92.7 Å². The number of carbonyl (C=O) groups is 1. The molecule has 15 heavy (non-hydrogen) atoms. The van der Waals surface area contributed by atoms with Crippen molar-refractivity contribution in [2.45, 2.75) is 64.4 Å². The molecule has 0 heterocycles. The first kappa shape index (κ1) is 12.3. The van der Waals surface area contributed by atoms with E-state index < -0.39 is 0 Å². The number of ether oxygens (including phenoxy) is 1. The summed E-state index contributed by atoms with van der Waals surface area (Å²) in [6.45, 7) is 5.64. The maximum absolute atomic E-state index is 11.5. The number of rotatable bonds is 3. The first-order chi connectivity index (χ1) is 7.24. The van der Waals surface area contributed by atoms with Gasteiger partial charge in [0.25, 0.3) is 0 Å². The Morgan fingerprint density at radius 2 is 1.73 bits per heavy atom. The quantitative estimate of drug-likeness (QED) is 0.525. The lowest BCUT2D eigenvalue weighted by Crippen LogP contribution is -2.20. The number of hydrogen-bond acceptors (Lipinski definition) is 2. The molecule has 0 aromatic carbocycles. The second-order valence-electron chi connectivity index (χ2n) is 4.33. The van der Waals surface area contributed by atoms with E-state index in [2.05, 4.69) is 6.58 Å². The standard InChI is InChI=1S/C13H22O2/c1-3-11(2)13(14)15-12-9-7-5-4-6-8-10-12/h12H,2-10H2,1H3. The molecule has 0 atom stereocenters. The highest BCUT2D eigenvalue weighted by Gasteiger charge is 2.16. The molecule has 0 bridgehead atoms. The van der Waals surface area contributed by atoms with Crippen LogP contribution in [-0.4, -0.2) is 12.1 Å². The molecule has 0 N–H and O–H groups in total. The third-order valence-electron chi connectivity index (χ3n) is 3.04. The number of esters is 1. The van der Waals surface area contributed by atoms with E-state index in [1.165, 1.54) is 32.1 Å². The molecule has 1 fully saturated rings. The van der Waals surface area contributed by atoms with Crippen LogP contribution >= 0.6 is 0 Å². The van der Waals surface area contributed by atoms with Gasteiger partial charge in [0.2, 0.25) is 0 Å². The summed E-state index contributed by atoms with van der Waals surface area (Å²) in [5, 5.41) is 0. The zero-order chi connectivity index (χ0) is 11.1. The molecule has 0 amide bonds. The Hall–Kier alpha value is -0.790. The van der Waals surface area contributed by atoms with Crippen molar-refractivity contribution in [3.63, 3.8) is 0 Å². The predicted molar refractivity (Wildman–Crippen MR) is 61.6 cm³/mol. The molecule has 0 aromatic heterocycles. The molecule has 0 saturated heterocycles. The molecule has 0 unspecified atom stereocenters. The Kier molecular flexibility index (Phi) is 5.44. The highest BCUT2D eigenvalue weighted by molar-refractivity contribution is 5.87. The van der Waals surface area contributed by atoms with Crippen molar-refractivity contribution in [2.75, 3.05) is 0 Å². The van der Waals surface area contributed by atoms with E-state index in [0.717, 1.165) is 12.8 Å². The summed E-state index contributed by atoms with van der Waals surface area (Å²) in [5.74, 6) is -0.192. The molecule has 0 radical (unpaired) electrons. The average molecular weight is 210 g/mol. The van der Waals surface area contributed by atoms with Crippen molar-refractivity contribution in [3.05, 3.63) is 12.2 Å². The monoisotopic (exact) mass is 210 g/mol. The van der Waals surface area contributed by atoms with Gasteiger partial charge in [-0.2, -0.15) is 0 Å². The lowest BCUT2D eigenvalue weighted by atomic mass is 9.98. The highest BCUT2D eigenvalue weighted by Crippen LogP contribution is 2.20. The van der Waals surface area contributed by atoms with Crippen LogP contribution in [-0.2, 0) is 9.53 Å². The van der Waals surface area contributed by atoms with Gasteiger partial charge in [-0.25, -0.2) is 4.79 Å². The van der Waals surface area contributed by atoms with Crippen LogP contribution in [0.1, 0.15) is 58.3 Å². The van der Waals surface area contributed by atoms with E-state index in [1.54, 1.807) is 0 Å². The summed E-state index contributed by atoms with van der Waals surface area (Å²) in [6, 6.07) is 0. The van der Waals surface area contributed by atoms with Gasteiger partial charge in [0.15, 0.2) is 0 Å². The maximum atomic E-state index is 11.5. The lowest BCUT2D eigenvalue weighted by molar-refractivity contribution is -0.145. The smallest absolute Gasteiger partial charge is 0.333 e. The van der Waals surface area contributed by atoms with Crippen LogP contribution in [0.3, 0.4) is 0 Å². The van der Waals surface area contributed by atoms with Crippen molar-refractivity contribution in [3.8, 4) is 0 Å². The highest BCUT2D eigenvalue weighted by atomic mass is 16.5. The molecule has 1 aliphatic rings. The lowest BCUT2D eigenvalue weighted by Gasteiger charge is -2.20. The van der Waals surface area contributed by atoms with Crippen molar-refractivity contribution < 1.29 is 9.53 Å². The first-order valence-corrected chi connectivity index (χ1v) is 6.12. The predicted octanol–water partition coefficient (Wildman–Crippen LogP) is 3.61. The molecule has 0 aromatic rings. The van der Waals surface area contributed by atoms with Crippen molar-refractivity contribution in [1.82, 2.24) is 0 Å². The van der Waals surface area contributed by atoms with E-state index in [-0.39, 0.29) is 12.1 Å². The fourth-order valence-corrected chi connectivity index (χ4v) is 1.92. The van der Waals surface area contributed by atoms with Gasteiger partial charge in [-0.3, -0.25) is 0 Å². The molecule has 1 rings (SSSR count). The van der Waals surface area contributed by atoms with Crippen molar-refractivity contribution in [1.29, 1.82) is 0 Å².